The average molecular weight is 316 g/mol. The number of cyclic esters (lactones) is 1. The minimum absolute atomic E-state index is 0.0141. The summed E-state index contributed by atoms with van der Waals surface area (Å²) in [4.78, 5) is 13.8. The molecule has 0 aliphatic carbocycles. The zero-order valence-electron chi connectivity index (χ0n) is 12.1. The Hall–Kier alpha value is -0.930. The van der Waals surface area contributed by atoms with Gasteiger partial charge in [-0.1, -0.05) is 23.2 Å². The van der Waals surface area contributed by atoms with Gasteiger partial charge in [-0.25, -0.2) is 4.79 Å². The van der Waals surface area contributed by atoms with Crippen molar-refractivity contribution in [2.75, 3.05) is 0 Å². The Morgan fingerprint density at radius 2 is 1.75 bits per heavy atom. The van der Waals surface area contributed by atoms with Crippen LogP contribution in [0.25, 0.3) is 0 Å². The fourth-order valence-corrected chi connectivity index (χ4v) is 3.25. The topological polar surface area (TPSA) is 29.5 Å². The van der Waals surface area contributed by atoms with E-state index in [2.05, 4.69) is 0 Å². The van der Waals surface area contributed by atoms with Gasteiger partial charge in [-0.05, 0) is 51.5 Å². The summed E-state index contributed by atoms with van der Waals surface area (Å²) in [6.07, 6.45) is 0.166. The molecule has 1 aliphatic rings. The second-order valence-corrected chi connectivity index (χ2v) is 7.06. The Bertz CT molecular complexity index is 505. The number of nitrogens with zero attached hydrogens (tertiary/aromatic N) is 1. The van der Waals surface area contributed by atoms with Gasteiger partial charge in [0.15, 0.2) is 0 Å². The molecular weight excluding hydrogens is 297 g/mol. The molecule has 0 unspecified atom stereocenters. The van der Waals surface area contributed by atoms with Crippen molar-refractivity contribution in [3.8, 4) is 0 Å². The lowest BCUT2D eigenvalue weighted by molar-refractivity contribution is 0.119. The Labute approximate surface area is 129 Å². The smallest absolute Gasteiger partial charge is 0.410 e. The van der Waals surface area contributed by atoms with Gasteiger partial charge in [0.2, 0.25) is 0 Å². The molecule has 0 bridgehead atoms. The van der Waals surface area contributed by atoms with Gasteiger partial charge in [0.1, 0.15) is 6.10 Å². The lowest BCUT2D eigenvalue weighted by atomic mass is 9.99. The standard InChI is InChI=1S/C15H19Cl2NO2/c1-9-13(20-14(19)18(9)15(2,3)4)7-10-5-11(16)8-12(17)6-10/h5-6,8-9,13H,7H2,1-4H3/t9-,13+/m0/s1. The highest BCUT2D eigenvalue weighted by Crippen LogP contribution is 2.30. The lowest BCUT2D eigenvalue weighted by Crippen LogP contribution is -2.47. The molecule has 1 aromatic carbocycles. The van der Waals surface area contributed by atoms with Gasteiger partial charge in [0.05, 0.1) is 6.04 Å². The van der Waals surface area contributed by atoms with Crippen LogP contribution >= 0.6 is 23.2 Å². The highest BCUT2D eigenvalue weighted by Gasteiger charge is 2.44. The molecule has 0 spiro atoms. The van der Waals surface area contributed by atoms with E-state index in [1.807, 2.05) is 39.8 Å². The molecule has 1 amide bonds. The molecule has 1 heterocycles. The summed E-state index contributed by atoms with van der Waals surface area (Å²) >= 11 is 12.0. The van der Waals surface area contributed by atoms with E-state index in [-0.39, 0.29) is 23.8 Å². The molecule has 1 fully saturated rings. The maximum Gasteiger partial charge on any atom is 0.410 e. The lowest BCUT2D eigenvalue weighted by Gasteiger charge is -2.33. The zero-order valence-corrected chi connectivity index (χ0v) is 13.6. The number of halogens is 2. The SMILES string of the molecule is C[C@H]1[C@@H](Cc2cc(Cl)cc(Cl)c2)OC(=O)N1C(C)(C)C. The van der Waals surface area contributed by atoms with Crippen molar-refractivity contribution in [2.45, 2.75) is 51.8 Å². The van der Waals surface area contributed by atoms with Crippen LogP contribution in [0.4, 0.5) is 4.79 Å². The minimum atomic E-state index is -0.261. The third-order valence-corrected chi connectivity index (χ3v) is 3.91. The van der Waals surface area contributed by atoms with Crippen LogP contribution in [0.15, 0.2) is 18.2 Å². The Balaban J connectivity index is 2.17. The molecule has 0 N–H and O–H groups in total. The number of rotatable bonds is 2. The van der Waals surface area contributed by atoms with Gasteiger partial charge in [-0.3, -0.25) is 4.90 Å². The quantitative estimate of drug-likeness (QED) is 0.801. The first-order chi connectivity index (χ1) is 9.18. The number of carbonyl (C=O) groups excluding carboxylic acids is 1. The van der Waals surface area contributed by atoms with Crippen LogP contribution in [0.5, 0.6) is 0 Å². The van der Waals surface area contributed by atoms with Crippen LogP contribution in [0.3, 0.4) is 0 Å². The zero-order chi connectivity index (χ0) is 15.1. The van der Waals surface area contributed by atoms with Crippen LogP contribution in [0.2, 0.25) is 10.0 Å². The second-order valence-electron chi connectivity index (χ2n) is 6.19. The monoisotopic (exact) mass is 315 g/mol. The van der Waals surface area contributed by atoms with Gasteiger partial charge in [-0.15, -0.1) is 0 Å². The van der Waals surface area contributed by atoms with Crippen molar-refractivity contribution in [1.82, 2.24) is 4.90 Å². The molecule has 5 heteroatoms. The molecule has 0 aromatic heterocycles. The molecule has 1 saturated heterocycles. The second kappa shape index (κ2) is 5.45. The molecule has 2 rings (SSSR count). The normalized spacial score (nSPS) is 23.1. The fourth-order valence-electron chi connectivity index (χ4n) is 2.68. The Morgan fingerprint density at radius 1 is 1.20 bits per heavy atom. The van der Waals surface area contributed by atoms with Crippen LogP contribution < -0.4 is 0 Å². The number of hydrogen-bond acceptors (Lipinski definition) is 2. The van der Waals surface area contributed by atoms with Crippen molar-refractivity contribution in [2.24, 2.45) is 0 Å². The number of carbonyl (C=O) groups is 1. The van der Waals surface area contributed by atoms with Crippen LogP contribution in [-0.2, 0) is 11.2 Å². The first-order valence-electron chi connectivity index (χ1n) is 6.63. The van der Waals surface area contributed by atoms with E-state index >= 15 is 0 Å². The summed E-state index contributed by atoms with van der Waals surface area (Å²) in [5, 5.41) is 1.19. The van der Waals surface area contributed by atoms with E-state index in [1.54, 1.807) is 11.0 Å². The van der Waals surface area contributed by atoms with Gasteiger partial charge in [0, 0.05) is 22.0 Å². The molecule has 1 aliphatic heterocycles. The summed E-state index contributed by atoms with van der Waals surface area (Å²) in [6.45, 7) is 8.02. The van der Waals surface area contributed by atoms with Crippen molar-refractivity contribution < 1.29 is 9.53 Å². The van der Waals surface area contributed by atoms with E-state index in [1.165, 1.54) is 0 Å². The number of benzene rings is 1. The first-order valence-corrected chi connectivity index (χ1v) is 7.39. The highest BCUT2D eigenvalue weighted by molar-refractivity contribution is 6.34. The van der Waals surface area contributed by atoms with E-state index in [0.717, 1.165) is 5.56 Å². The summed E-state index contributed by atoms with van der Waals surface area (Å²) in [5.41, 5.74) is 0.722. The summed E-state index contributed by atoms with van der Waals surface area (Å²) in [6, 6.07) is 5.42. The van der Waals surface area contributed by atoms with Gasteiger partial charge >= 0.3 is 6.09 Å². The summed E-state index contributed by atoms with van der Waals surface area (Å²) in [5.74, 6) is 0. The number of hydrogen-bond donors (Lipinski definition) is 0. The Morgan fingerprint density at radius 3 is 2.20 bits per heavy atom. The third kappa shape index (κ3) is 3.21. The number of ether oxygens (including phenoxy) is 1. The molecule has 2 atom stereocenters. The van der Waals surface area contributed by atoms with Gasteiger partial charge < -0.3 is 4.74 Å². The maximum atomic E-state index is 12.0. The van der Waals surface area contributed by atoms with Crippen molar-refractivity contribution >= 4 is 29.3 Å². The molecular formula is C15H19Cl2NO2. The van der Waals surface area contributed by atoms with Crippen molar-refractivity contribution in [3.05, 3.63) is 33.8 Å². The van der Waals surface area contributed by atoms with Crippen molar-refractivity contribution in [1.29, 1.82) is 0 Å². The van der Waals surface area contributed by atoms with Gasteiger partial charge in [-0.2, -0.15) is 0 Å². The van der Waals surface area contributed by atoms with Crippen LogP contribution in [0, 0.1) is 0 Å². The Kier molecular flexibility index (Phi) is 4.22. The van der Waals surface area contributed by atoms with Crippen molar-refractivity contribution in [3.63, 3.8) is 0 Å². The summed E-state index contributed by atoms with van der Waals surface area (Å²) < 4.78 is 5.50. The fraction of sp³-hybridized carbons (Fsp3) is 0.533. The van der Waals surface area contributed by atoms with Crippen LogP contribution in [0.1, 0.15) is 33.3 Å². The molecule has 0 radical (unpaired) electrons. The van der Waals surface area contributed by atoms with E-state index in [4.69, 9.17) is 27.9 Å². The van der Waals surface area contributed by atoms with Gasteiger partial charge in [0.25, 0.3) is 0 Å². The predicted molar refractivity (Wildman–Crippen MR) is 81.5 cm³/mol. The largest absolute Gasteiger partial charge is 0.444 e. The number of amides is 1. The molecule has 20 heavy (non-hydrogen) atoms. The predicted octanol–water partition coefficient (Wildman–Crippen LogP) is 4.54. The summed E-state index contributed by atoms with van der Waals surface area (Å²) in [7, 11) is 0. The first kappa shape index (κ1) is 15.5. The van der Waals surface area contributed by atoms with Crippen LogP contribution in [-0.4, -0.2) is 28.7 Å². The molecule has 0 saturated carbocycles. The van der Waals surface area contributed by atoms with E-state index < -0.39 is 0 Å². The third-order valence-electron chi connectivity index (χ3n) is 3.48. The molecule has 1 aromatic rings. The average Bonchev–Trinajstić information content (AvgIpc) is 2.51. The molecule has 110 valence electrons. The highest BCUT2D eigenvalue weighted by atomic mass is 35.5. The minimum Gasteiger partial charge on any atom is -0.444 e. The van der Waals surface area contributed by atoms with E-state index in [0.29, 0.717) is 16.5 Å². The molecule has 3 nitrogen and oxygen atoms in total. The van der Waals surface area contributed by atoms with E-state index in [9.17, 15) is 4.79 Å². The maximum absolute atomic E-state index is 12.0.